The van der Waals surface area contributed by atoms with E-state index < -0.39 is 17.6 Å². The van der Waals surface area contributed by atoms with Crippen LogP contribution in [-0.4, -0.2) is 17.6 Å². The van der Waals surface area contributed by atoms with Crippen LogP contribution in [0.3, 0.4) is 0 Å². The summed E-state index contributed by atoms with van der Waals surface area (Å²) in [5, 5.41) is 0. The van der Waals surface area contributed by atoms with E-state index in [9.17, 15) is 26.3 Å². The number of halogens is 7. The first kappa shape index (κ1) is 11.0. The molecule has 8 heteroatoms. The van der Waals surface area contributed by atoms with Gasteiger partial charge in [0, 0.05) is 0 Å². The maximum absolute atomic E-state index is 11.9. The largest absolute Gasteiger partial charge is 0.526 e. The van der Waals surface area contributed by atoms with Crippen molar-refractivity contribution in [2.24, 2.45) is 0 Å². The van der Waals surface area contributed by atoms with Crippen LogP contribution in [0, 0.1) is 0 Å². The molecule has 68 valence electrons. The summed E-state index contributed by atoms with van der Waals surface area (Å²) >= 11 is 1.42. The van der Waals surface area contributed by atoms with Crippen LogP contribution < -0.4 is 0 Å². The van der Waals surface area contributed by atoms with Crippen molar-refractivity contribution in [1.82, 2.24) is 0 Å². The summed E-state index contributed by atoms with van der Waals surface area (Å²) in [7, 11) is 0. The Morgan fingerprint density at radius 1 is 1.09 bits per heavy atom. The Morgan fingerprint density at radius 2 is 1.45 bits per heavy atom. The van der Waals surface area contributed by atoms with Crippen LogP contribution in [0.5, 0.6) is 0 Å². The second-order valence-electron chi connectivity index (χ2n) is 1.41. The molecule has 0 rings (SSSR count). The summed E-state index contributed by atoms with van der Waals surface area (Å²) in [5.74, 6) is 0. The zero-order chi connectivity index (χ0) is 9.28. The maximum Gasteiger partial charge on any atom is 0.526 e. The van der Waals surface area contributed by atoms with Gasteiger partial charge in [-0.15, -0.1) is 13.2 Å². The van der Waals surface area contributed by atoms with Crippen molar-refractivity contribution in [3.05, 3.63) is 0 Å². The first-order valence-electron chi connectivity index (χ1n) is 2.08. The summed E-state index contributed by atoms with van der Waals surface area (Å²) in [6.07, 6.45) is -9.35. The minimum Gasteiger partial charge on any atom is -0.239 e. The van der Waals surface area contributed by atoms with Crippen molar-refractivity contribution in [2.75, 3.05) is 0 Å². The van der Waals surface area contributed by atoms with E-state index in [-0.39, 0.29) is 0 Å². The van der Waals surface area contributed by atoms with Crippen LogP contribution in [0.1, 0.15) is 0 Å². The predicted octanol–water partition coefficient (Wildman–Crippen LogP) is 2.81. The van der Waals surface area contributed by atoms with E-state index >= 15 is 0 Å². The Kier molecular flexibility index (Phi) is 3.18. The van der Waals surface area contributed by atoms with Crippen molar-refractivity contribution >= 4 is 15.9 Å². The molecule has 0 aromatic rings. The van der Waals surface area contributed by atoms with Crippen LogP contribution in [-0.2, 0) is 4.74 Å². The lowest BCUT2D eigenvalue weighted by atomic mass is 10.7. The number of ether oxygens (including phenoxy) is 1. The summed E-state index contributed by atoms with van der Waals surface area (Å²) in [6.45, 7) is 0. The number of alkyl halides is 7. The smallest absolute Gasteiger partial charge is 0.239 e. The second kappa shape index (κ2) is 3.18. The molecule has 0 aliphatic heterocycles. The van der Waals surface area contributed by atoms with Crippen molar-refractivity contribution in [1.29, 1.82) is 0 Å². The molecule has 0 saturated heterocycles. The quantitative estimate of drug-likeness (QED) is 0.538. The highest BCUT2D eigenvalue weighted by molar-refractivity contribution is 9.10. The molecule has 0 bridgehead atoms. The van der Waals surface area contributed by atoms with E-state index in [4.69, 9.17) is 0 Å². The number of hydrogen-bond acceptors (Lipinski definition) is 1. The third-order valence-electron chi connectivity index (χ3n) is 0.506. The molecule has 0 spiro atoms. The molecule has 11 heavy (non-hydrogen) atoms. The highest BCUT2D eigenvalue weighted by atomic mass is 79.9. The Labute approximate surface area is 65.4 Å². The molecule has 1 nitrogen and oxygen atoms in total. The molecule has 1 unspecified atom stereocenters. The first-order valence-corrected chi connectivity index (χ1v) is 2.87. The van der Waals surface area contributed by atoms with Crippen molar-refractivity contribution in [2.45, 2.75) is 17.6 Å². The lowest BCUT2D eigenvalue weighted by molar-refractivity contribution is -0.382. The Bertz CT molecular complexity index is 130. The van der Waals surface area contributed by atoms with Gasteiger partial charge in [-0.05, 0) is 15.9 Å². The van der Waals surface area contributed by atoms with E-state index in [1.807, 2.05) is 0 Å². The van der Waals surface area contributed by atoms with Crippen molar-refractivity contribution in [3.63, 3.8) is 0 Å². The van der Waals surface area contributed by atoms with Crippen LogP contribution in [0.4, 0.5) is 26.3 Å². The van der Waals surface area contributed by atoms with Crippen molar-refractivity contribution < 1.29 is 31.1 Å². The second-order valence-corrected chi connectivity index (χ2v) is 2.49. The standard InChI is InChI=1S/C3HBrF6O/c4-2(7,1(5)6)11-3(8,9)10/h1H. The fraction of sp³-hybridized carbons (Fsp3) is 1.00. The highest BCUT2D eigenvalue weighted by Gasteiger charge is 2.49. The number of rotatable bonds is 2. The van der Waals surface area contributed by atoms with Crippen LogP contribution >= 0.6 is 15.9 Å². The molecule has 0 fully saturated rings. The molecule has 0 radical (unpaired) electrons. The van der Waals surface area contributed by atoms with Gasteiger partial charge in [0.25, 0.3) is 0 Å². The van der Waals surface area contributed by atoms with Gasteiger partial charge in [-0.3, -0.25) is 0 Å². The Morgan fingerprint density at radius 3 is 1.55 bits per heavy atom. The third kappa shape index (κ3) is 4.46. The molecule has 0 saturated carbocycles. The SMILES string of the molecule is FC(F)C(F)(Br)OC(F)(F)F. The summed E-state index contributed by atoms with van der Waals surface area (Å²) < 4.78 is 66.0. The molecule has 0 aromatic carbocycles. The van der Waals surface area contributed by atoms with Gasteiger partial charge in [0.2, 0.25) is 0 Å². The summed E-state index contributed by atoms with van der Waals surface area (Å²) in [6, 6.07) is 0. The van der Waals surface area contributed by atoms with E-state index in [1.54, 1.807) is 0 Å². The molecule has 1 atom stereocenters. The van der Waals surface area contributed by atoms with Gasteiger partial charge in [-0.1, -0.05) is 0 Å². The maximum atomic E-state index is 11.9. The van der Waals surface area contributed by atoms with Gasteiger partial charge in [-0.2, -0.15) is 4.39 Å². The molecular formula is C3HBrF6O. The topological polar surface area (TPSA) is 9.23 Å². The van der Waals surface area contributed by atoms with E-state index in [0.29, 0.717) is 0 Å². The normalized spacial score (nSPS) is 18.5. The summed E-state index contributed by atoms with van der Waals surface area (Å²) in [5.41, 5.74) is 0. The van der Waals surface area contributed by atoms with Crippen molar-refractivity contribution in [3.8, 4) is 0 Å². The Balaban J connectivity index is 4.13. The average molecular weight is 247 g/mol. The minimum atomic E-state index is -5.44. The molecular weight excluding hydrogens is 246 g/mol. The molecule has 0 aliphatic carbocycles. The lowest BCUT2D eigenvalue weighted by Crippen LogP contribution is -2.34. The average Bonchev–Trinajstić information content (AvgIpc) is 1.56. The van der Waals surface area contributed by atoms with Gasteiger partial charge in [0.05, 0.1) is 0 Å². The zero-order valence-electron chi connectivity index (χ0n) is 4.63. The highest BCUT2D eigenvalue weighted by Crippen LogP contribution is 2.35. The van der Waals surface area contributed by atoms with E-state index in [2.05, 4.69) is 4.74 Å². The minimum absolute atomic E-state index is 1.42. The fourth-order valence-corrected chi connectivity index (χ4v) is 0.382. The number of hydrogen-bond donors (Lipinski definition) is 0. The lowest BCUT2D eigenvalue weighted by Gasteiger charge is -2.18. The molecule has 0 aliphatic rings. The van der Waals surface area contributed by atoms with Gasteiger partial charge >= 0.3 is 17.6 Å². The van der Waals surface area contributed by atoms with Crippen LogP contribution in [0.25, 0.3) is 0 Å². The molecule has 0 N–H and O–H groups in total. The van der Waals surface area contributed by atoms with Gasteiger partial charge < -0.3 is 0 Å². The predicted molar refractivity (Wildman–Crippen MR) is 25.9 cm³/mol. The van der Waals surface area contributed by atoms with Crippen LogP contribution in [0.2, 0.25) is 0 Å². The summed E-state index contributed by atoms with van der Waals surface area (Å²) in [4.78, 5) is 0. The fourth-order valence-electron chi connectivity index (χ4n) is 0.199. The zero-order valence-corrected chi connectivity index (χ0v) is 6.22. The monoisotopic (exact) mass is 246 g/mol. The van der Waals surface area contributed by atoms with Gasteiger partial charge in [0.1, 0.15) is 0 Å². The molecule has 0 heterocycles. The first-order chi connectivity index (χ1) is 4.65. The van der Waals surface area contributed by atoms with Gasteiger partial charge in [-0.25, -0.2) is 13.5 Å². The van der Waals surface area contributed by atoms with Crippen LogP contribution in [0.15, 0.2) is 0 Å². The van der Waals surface area contributed by atoms with E-state index in [0.717, 1.165) is 0 Å². The Hall–Kier alpha value is 0.0200. The molecule has 0 aromatic heterocycles. The molecule has 0 amide bonds. The van der Waals surface area contributed by atoms with E-state index in [1.165, 1.54) is 15.9 Å². The van der Waals surface area contributed by atoms with Gasteiger partial charge in [0.15, 0.2) is 0 Å². The third-order valence-corrected chi connectivity index (χ3v) is 1.01.